The third-order valence-corrected chi connectivity index (χ3v) is 7.63. The Kier molecular flexibility index (Phi) is 16.2. The van der Waals surface area contributed by atoms with E-state index in [0.29, 0.717) is 50.9 Å². The van der Waals surface area contributed by atoms with E-state index >= 15 is 0 Å². The largest absolute Gasteiger partial charge is 0.480 e. The normalized spacial score (nSPS) is 18.2. The molecule has 13 heteroatoms. The Labute approximate surface area is 242 Å². The lowest BCUT2D eigenvalue weighted by molar-refractivity contribution is -0.142. The number of nitrogens with one attached hydrogen (secondary N) is 3. The second-order valence-corrected chi connectivity index (χ2v) is 12.2. The van der Waals surface area contributed by atoms with Crippen LogP contribution in [0.15, 0.2) is 0 Å². The second-order valence-electron chi connectivity index (χ2n) is 11.2. The molecule has 0 unspecified atom stereocenters. The van der Waals surface area contributed by atoms with Crippen LogP contribution in [0.2, 0.25) is 0 Å². The van der Waals surface area contributed by atoms with E-state index in [9.17, 15) is 29.1 Å². The molecular formula is C27H50N6O6S. The smallest absolute Gasteiger partial charge is 0.326 e. The number of nitrogens with two attached hydrogens (primary N) is 2. The number of hydrogen-bond acceptors (Lipinski definition) is 8. The number of carboxylic acids is 1. The fraction of sp³-hybridized carbons (Fsp3) is 0.815. The van der Waals surface area contributed by atoms with E-state index in [1.54, 1.807) is 0 Å². The van der Waals surface area contributed by atoms with E-state index in [1.807, 2.05) is 34.0 Å². The van der Waals surface area contributed by atoms with Gasteiger partial charge < -0.3 is 37.4 Å². The van der Waals surface area contributed by atoms with Gasteiger partial charge in [-0.2, -0.15) is 11.8 Å². The highest BCUT2D eigenvalue weighted by Crippen LogP contribution is 2.20. The van der Waals surface area contributed by atoms with Gasteiger partial charge in [0.2, 0.25) is 23.6 Å². The number of unbranched alkanes of at least 4 members (excludes halogenated alkanes) is 1. The molecule has 230 valence electrons. The predicted octanol–water partition coefficient (Wildman–Crippen LogP) is 0.428. The van der Waals surface area contributed by atoms with Gasteiger partial charge in [0.25, 0.3) is 0 Å². The van der Waals surface area contributed by atoms with Gasteiger partial charge in [0.15, 0.2) is 0 Å². The number of carbonyl (C=O) groups is 5. The molecule has 1 aliphatic heterocycles. The Morgan fingerprint density at radius 2 is 1.57 bits per heavy atom. The zero-order chi connectivity index (χ0) is 30.4. The number of carbonyl (C=O) groups excluding carboxylic acids is 4. The minimum absolute atomic E-state index is 0.0269. The molecule has 0 aliphatic carbocycles. The van der Waals surface area contributed by atoms with Crippen molar-refractivity contribution >= 4 is 41.4 Å². The van der Waals surface area contributed by atoms with Gasteiger partial charge in [0.1, 0.15) is 24.2 Å². The standard InChI is InChI=1S/C27H50N6O6S/c1-16(2)15-20(24(35)31-19(27(38)39)9-6-7-12-28)32-23(34)18(11-14-40-5)30-25(36)21-10-8-13-33(21)26(37)22(29)17(3)4/h16-22H,6-15,28-29H2,1-5H3,(H,30,36)(H,31,35)(H,32,34)(H,38,39)/t18-,19+,20+,21+,22-/m1/s1. The lowest BCUT2D eigenvalue weighted by atomic mass is 10.0. The van der Waals surface area contributed by atoms with Gasteiger partial charge >= 0.3 is 5.97 Å². The first-order valence-corrected chi connectivity index (χ1v) is 15.6. The lowest BCUT2D eigenvalue weighted by Gasteiger charge is -2.30. The van der Waals surface area contributed by atoms with Gasteiger partial charge in [0, 0.05) is 6.54 Å². The van der Waals surface area contributed by atoms with Crippen LogP contribution < -0.4 is 27.4 Å². The van der Waals surface area contributed by atoms with Crippen LogP contribution >= 0.6 is 11.8 Å². The van der Waals surface area contributed by atoms with Gasteiger partial charge in [-0.15, -0.1) is 0 Å². The first-order valence-electron chi connectivity index (χ1n) is 14.2. The number of nitrogens with zero attached hydrogens (tertiary/aromatic N) is 1. The van der Waals surface area contributed by atoms with Crippen LogP contribution in [0, 0.1) is 11.8 Å². The van der Waals surface area contributed by atoms with Crippen LogP contribution in [-0.2, 0) is 24.0 Å². The molecule has 1 rings (SSSR count). The van der Waals surface area contributed by atoms with E-state index in [2.05, 4.69) is 16.0 Å². The minimum atomic E-state index is -1.15. The summed E-state index contributed by atoms with van der Waals surface area (Å²) in [4.78, 5) is 65.9. The molecule has 0 aromatic carbocycles. The molecule has 1 heterocycles. The molecular weight excluding hydrogens is 536 g/mol. The van der Waals surface area contributed by atoms with Crippen molar-refractivity contribution in [2.45, 2.75) is 103 Å². The number of thioether (sulfide) groups is 1. The maximum Gasteiger partial charge on any atom is 0.326 e. The average molecular weight is 587 g/mol. The van der Waals surface area contributed by atoms with Crippen LogP contribution in [0.3, 0.4) is 0 Å². The number of carboxylic acid groups (broad SMARTS) is 1. The van der Waals surface area contributed by atoms with E-state index in [4.69, 9.17) is 11.5 Å². The summed E-state index contributed by atoms with van der Waals surface area (Å²) in [6.45, 7) is 8.32. The van der Waals surface area contributed by atoms with Crippen molar-refractivity contribution in [3.63, 3.8) is 0 Å². The highest BCUT2D eigenvalue weighted by atomic mass is 32.2. The molecule has 0 saturated carbocycles. The third-order valence-electron chi connectivity index (χ3n) is 6.99. The zero-order valence-electron chi connectivity index (χ0n) is 24.6. The number of aliphatic carboxylic acids is 1. The summed E-state index contributed by atoms with van der Waals surface area (Å²) in [5, 5.41) is 17.7. The fourth-order valence-electron chi connectivity index (χ4n) is 4.55. The topological polar surface area (TPSA) is 197 Å². The molecule has 0 radical (unpaired) electrons. The maximum absolute atomic E-state index is 13.4. The average Bonchev–Trinajstić information content (AvgIpc) is 3.38. The Hall–Kier alpha value is -2.38. The van der Waals surface area contributed by atoms with Gasteiger partial charge in [-0.05, 0) is 75.3 Å². The van der Waals surface area contributed by atoms with Crippen molar-refractivity contribution in [2.24, 2.45) is 23.3 Å². The van der Waals surface area contributed by atoms with E-state index in [0.717, 1.165) is 0 Å². The van der Waals surface area contributed by atoms with Gasteiger partial charge in [0.05, 0.1) is 6.04 Å². The van der Waals surface area contributed by atoms with Gasteiger partial charge in [-0.25, -0.2) is 4.79 Å². The van der Waals surface area contributed by atoms with Crippen molar-refractivity contribution in [3.8, 4) is 0 Å². The molecule has 0 aromatic heterocycles. The number of hydrogen-bond donors (Lipinski definition) is 6. The molecule has 4 amide bonds. The highest BCUT2D eigenvalue weighted by molar-refractivity contribution is 7.98. The summed E-state index contributed by atoms with van der Waals surface area (Å²) < 4.78 is 0. The highest BCUT2D eigenvalue weighted by Gasteiger charge is 2.38. The molecule has 0 spiro atoms. The number of rotatable bonds is 18. The Morgan fingerprint density at radius 1 is 0.950 bits per heavy atom. The van der Waals surface area contributed by atoms with Crippen LogP contribution in [-0.4, -0.2) is 94.9 Å². The first-order chi connectivity index (χ1) is 18.8. The monoisotopic (exact) mass is 586 g/mol. The number of likely N-dealkylation sites (tertiary alicyclic amines) is 1. The molecule has 0 bridgehead atoms. The summed E-state index contributed by atoms with van der Waals surface area (Å²) >= 11 is 1.51. The molecule has 1 saturated heterocycles. The van der Waals surface area contributed by atoms with Gasteiger partial charge in [-0.1, -0.05) is 27.7 Å². The van der Waals surface area contributed by atoms with Crippen molar-refractivity contribution in [1.29, 1.82) is 0 Å². The molecule has 0 aromatic rings. The summed E-state index contributed by atoms with van der Waals surface area (Å²) in [5.41, 5.74) is 11.6. The minimum Gasteiger partial charge on any atom is -0.480 e. The van der Waals surface area contributed by atoms with E-state index in [-0.39, 0.29) is 30.6 Å². The van der Waals surface area contributed by atoms with Crippen molar-refractivity contribution < 1.29 is 29.1 Å². The quantitative estimate of drug-likeness (QED) is 0.123. The van der Waals surface area contributed by atoms with Crippen LogP contribution in [0.5, 0.6) is 0 Å². The molecule has 8 N–H and O–H groups in total. The van der Waals surface area contributed by atoms with Crippen LogP contribution in [0.25, 0.3) is 0 Å². The molecule has 1 fully saturated rings. The Morgan fingerprint density at radius 3 is 2.12 bits per heavy atom. The summed E-state index contributed by atoms with van der Waals surface area (Å²) in [5.74, 6) is -2.47. The molecule has 12 nitrogen and oxygen atoms in total. The van der Waals surface area contributed by atoms with Gasteiger partial charge in [-0.3, -0.25) is 19.2 Å². The van der Waals surface area contributed by atoms with Crippen molar-refractivity contribution in [3.05, 3.63) is 0 Å². The molecule has 1 aliphatic rings. The summed E-state index contributed by atoms with van der Waals surface area (Å²) in [6.07, 6.45) is 5.01. The first kappa shape index (κ1) is 35.6. The van der Waals surface area contributed by atoms with Crippen molar-refractivity contribution in [2.75, 3.05) is 25.1 Å². The molecule has 40 heavy (non-hydrogen) atoms. The van der Waals surface area contributed by atoms with E-state index in [1.165, 1.54) is 16.7 Å². The number of amides is 4. The Balaban J connectivity index is 3.02. The van der Waals surface area contributed by atoms with Crippen molar-refractivity contribution in [1.82, 2.24) is 20.9 Å². The summed E-state index contributed by atoms with van der Waals surface area (Å²) in [7, 11) is 0. The fourth-order valence-corrected chi connectivity index (χ4v) is 5.02. The predicted molar refractivity (Wildman–Crippen MR) is 156 cm³/mol. The lowest BCUT2D eigenvalue weighted by Crippen LogP contribution is -2.58. The maximum atomic E-state index is 13.4. The van der Waals surface area contributed by atoms with Crippen LogP contribution in [0.1, 0.15) is 72.6 Å². The third kappa shape index (κ3) is 11.6. The van der Waals surface area contributed by atoms with E-state index < -0.39 is 53.9 Å². The second kappa shape index (κ2) is 18.1. The molecule has 5 atom stereocenters. The van der Waals surface area contributed by atoms with Crippen LogP contribution in [0.4, 0.5) is 0 Å². The SMILES string of the molecule is CSCC[C@@H](NC(=O)[C@@H]1CCCN1C(=O)[C@H](N)C(C)C)C(=O)N[C@@H](CC(C)C)C(=O)N[C@@H](CCCCN)C(=O)O. The zero-order valence-corrected chi connectivity index (χ0v) is 25.4. The Bertz CT molecular complexity index is 857. The summed E-state index contributed by atoms with van der Waals surface area (Å²) in [6, 6.07) is -4.45.